The van der Waals surface area contributed by atoms with E-state index in [9.17, 15) is 0 Å². The highest BCUT2D eigenvalue weighted by Gasteiger charge is 2.02. The molecule has 1 unspecified atom stereocenters. The molecule has 2 heteroatoms. The molecule has 58 valence electrons. The molecular weight excluding hydrogens is 145 g/mol. The average Bonchev–Trinajstić information content (AvgIpc) is 2.27. The van der Waals surface area contributed by atoms with Crippen molar-refractivity contribution < 1.29 is 0 Å². The molecule has 1 aliphatic carbocycles. The van der Waals surface area contributed by atoms with Crippen molar-refractivity contribution in [2.45, 2.75) is 13.2 Å². The molecule has 1 nitrogen and oxygen atoms in total. The fourth-order valence-corrected chi connectivity index (χ4v) is 1.06. The van der Waals surface area contributed by atoms with E-state index in [-0.39, 0.29) is 0 Å². The van der Waals surface area contributed by atoms with Crippen LogP contribution in [0.4, 0.5) is 0 Å². The van der Waals surface area contributed by atoms with Gasteiger partial charge in [0.05, 0.1) is 19.5 Å². The van der Waals surface area contributed by atoms with Gasteiger partial charge in [-0.2, -0.15) is 5.26 Å². The molecule has 0 spiro atoms. The third kappa shape index (κ3) is 1.89. The van der Waals surface area contributed by atoms with Gasteiger partial charge in [-0.05, 0) is 17.6 Å². The Kier molecular flexibility index (Phi) is 2.93. The number of hydrogen-bond acceptors (Lipinski definition) is 1. The van der Waals surface area contributed by atoms with E-state index in [1.807, 2.05) is 24.3 Å². The van der Waals surface area contributed by atoms with E-state index < -0.39 is 0 Å². The molecule has 12 heavy (non-hydrogen) atoms. The lowest BCUT2D eigenvalue weighted by molar-refractivity contribution is 0.941. The van der Waals surface area contributed by atoms with Crippen molar-refractivity contribution in [1.82, 2.24) is 0 Å². The maximum atomic E-state index is 8.76. The highest BCUT2D eigenvalue weighted by molar-refractivity contribution is 6.10. The number of rotatable bonds is 1. The molecule has 0 heterocycles. The molecule has 0 N–H and O–H groups in total. The van der Waals surface area contributed by atoms with Crippen LogP contribution in [0.5, 0.6) is 0 Å². The maximum absolute atomic E-state index is 8.76. The molecule has 0 amide bonds. The van der Waals surface area contributed by atoms with Crippen molar-refractivity contribution in [3.63, 3.8) is 0 Å². The molecule has 0 aliphatic heterocycles. The molecule has 1 atom stereocenters. The summed E-state index contributed by atoms with van der Waals surface area (Å²) in [5, 5.41) is 8.76. The molecule has 1 rings (SSSR count). The van der Waals surface area contributed by atoms with E-state index in [0.29, 0.717) is 17.8 Å². The van der Waals surface area contributed by atoms with Gasteiger partial charge in [-0.3, -0.25) is 0 Å². The van der Waals surface area contributed by atoms with Gasteiger partial charge in [0.1, 0.15) is 0 Å². The summed E-state index contributed by atoms with van der Waals surface area (Å²) >= 11 is 0. The van der Waals surface area contributed by atoms with Crippen LogP contribution in [0.1, 0.15) is 6.92 Å². The summed E-state index contributed by atoms with van der Waals surface area (Å²) in [6.07, 6.45) is 8.24. The van der Waals surface area contributed by atoms with Gasteiger partial charge in [-0.1, -0.05) is 31.5 Å². The Bertz CT molecular complexity index is 291. The molecule has 0 saturated heterocycles. The third-order valence-corrected chi connectivity index (χ3v) is 1.85. The van der Waals surface area contributed by atoms with Crippen molar-refractivity contribution in [1.29, 1.82) is 5.26 Å². The van der Waals surface area contributed by atoms with Gasteiger partial charge in [0, 0.05) is 0 Å². The SMILES string of the molecule is [B]CC1=C(C#N)C=CC(C)C=C1. The molecular formula is C10H10BN. The van der Waals surface area contributed by atoms with Crippen LogP contribution in [0.2, 0.25) is 6.32 Å². The lowest BCUT2D eigenvalue weighted by atomic mass is 9.93. The summed E-state index contributed by atoms with van der Waals surface area (Å²) in [4.78, 5) is 0. The third-order valence-electron chi connectivity index (χ3n) is 1.85. The van der Waals surface area contributed by atoms with Crippen LogP contribution < -0.4 is 0 Å². The molecule has 0 bridgehead atoms. The second-order valence-corrected chi connectivity index (χ2v) is 2.83. The van der Waals surface area contributed by atoms with E-state index in [1.165, 1.54) is 0 Å². The smallest absolute Gasteiger partial charge is 0.0994 e. The average molecular weight is 155 g/mol. The molecule has 2 radical (unpaired) electrons. The predicted molar refractivity (Wildman–Crippen MR) is 50.6 cm³/mol. The summed E-state index contributed by atoms with van der Waals surface area (Å²) in [7, 11) is 5.49. The largest absolute Gasteiger partial charge is 0.192 e. The quantitative estimate of drug-likeness (QED) is 0.532. The van der Waals surface area contributed by atoms with Gasteiger partial charge in [0.25, 0.3) is 0 Å². The van der Waals surface area contributed by atoms with Crippen molar-refractivity contribution in [2.24, 2.45) is 5.92 Å². The summed E-state index contributed by atoms with van der Waals surface area (Å²) in [6, 6.07) is 2.13. The summed E-state index contributed by atoms with van der Waals surface area (Å²) < 4.78 is 0. The second kappa shape index (κ2) is 3.97. The molecule has 0 saturated carbocycles. The molecule has 0 aromatic carbocycles. The van der Waals surface area contributed by atoms with Crippen LogP contribution >= 0.6 is 0 Å². The topological polar surface area (TPSA) is 23.8 Å². The minimum Gasteiger partial charge on any atom is -0.192 e. The zero-order valence-electron chi connectivity index (χ0n) is 7.12. The molecule has 0 aromatic rings. The van der Waals surface area contributed by atoms with E-state index in [4.69, 9.17) is 13.1 Å². The fraction of sp³-hybridized carbons (Fsp3) is 0.300. The van der Waals surface area contributed by atoms with Crippen molar-refractivity contribution in [3.05, 3.63) is 35.5 Å². The standard InChI is InChI=1S/C10H10BN/c1-8-2-4-9(6-11)10(7-12)5-3-8/h2-5,8H,6H2,1H3. The van der Waals surface area contributed by atoms with E-state index >= 15 is 0 Å². The predicted octanol–water partition coefficient (Wildman–Crippen LogP) is 2.16. The Morgan fingerprint density at radius 1 is 1.50 bits per heavy atom. The normalized spacial score (nSPS) is 22.2. The van der Waals surface area contributed by atoms with Crippen LogP contribution in [0.25, 0.3) is 0 Å². The van der Waals surface area contributed by atoms with Crippen molar-refractivity contribution in [2.75, 3.05) is 0 Å². The lowest BCUT2D eigenvalue weighted by Gasteiger charge is -1.96. The van der Waals surface area contributed by atoms with Gasteiger partial charge in [0.2, 0.25) is 0 Å². The van der Waals surface area contributed by atoms with Gasteiger partial charge in [-0.15, -0.1) is 0 Å². The van der Waals surface area contributed by atoms with Crippen LogP contribution in [-0.2, 0) is 0 Å². The zero-order chi connectivity index (χ0) is 8.97. The van der Waals surface area contributed by atoms with E-state index in [2.05, 4.69) is 13.0 Å². The van der Waals surface area contributed by atoms with Gasteiger partial charge in [-0.25, -0.2) is 0 Å². The second-order valence-electron chi connectivity index (χ2n) is 2.83. The Balaban J connectivity index is 3.03. The number of allylic oxidation sites excluding steroid dienone is 6. The summed E-state index contributed by atoms with van der Waals surface area (Å²) in [5.41, 5.74) is 1.59. The highest BCUT2D eigenvalue weighted by Crippen LogP contribution is 2.17. The van der Waals surface area contributed by atoms with Crippen LogP contribution in [0.15, 0.2) is 35.5 Å². The molecule has 1 aliphatic rings. The Morgan fingerprint density at radius 2 is 2.17 bits per heavy atom. The minimum absolute atomic E-state index is 0.386. The molecule has 0 fully saturated rings. The Morgan fingerprint density at radius 3 is 2.75 bits per heavy atom. The fourth-order valence-electron chi connectivity index (χ4n) is 1.06. The first-order valence-electron chi connectivity index (χ1n) is 3.97. The number of nitriles is 1. The maximum Gasteiger partial charge on any atom is 0.0994 e. The minimum atomic E-state index is 0.386. The Hall–Kier alpha value is -1.23. The van der Waals surface area contributed by atoms with Crippen molar-refractivity contribution >= 4 is 7.85 Å². The lowest BCUT2D eigenvalue weighted by Crippen LogP contribution is -1.82. The first kappa shape index (κ1) is 8.87. The summed E-state index contributed by atoms with van der Waals surface area (Å²) in [5.74, 6) is 0.386. The van der Waals surface area contributed by atoms with Crippen LogP contribution in [0.3, 0.4) is 0 Å². The van der Waals surface area contributed by atoms with Gasteiger partial charge < -0.3 is 0 Å². The van der Waals surface area contributed by atoms with Crippen molar-refractivity contribution in [3.8, 4) is 6.07 Å². The number of hydrogen-bond donors (Lipinski definition) is 0. The molecule has 0 aromatic heterocycles. The van der Waals surface area contributed by atoms with Crippen LogP contribution in [-0.4, -0.2) is 7.85 Å². The zero-order valence-corrected chi connectivity index (χ0v) is 7.12. The highest BCUT2D eigenvalue weighted by atomic mass is 14.2. The van der Waals surface area contributed by atoms with Gasteiger partial charge in [0.15, 0.2) is 0 Å². The van der Waals surface area contributed by atoms with E-state index in [1.54, 1.807) is 0 Å². The van der Waals surface area contributed by atoms with E-state index in [0.717, 1.165) is 5.57 Å². The number of nitrogens with zero attached hydrogens (tertiary/aromatic N) is 1. The van der Waals surface area contributed by atoms with Gasteiger partial charge >= 0.3 is 0 Å². The first-order chi connectivity index (χ1) is 5.77. The Labute approximate surface area is 74.5 Å². The summed E-state index contributed by atoms with van der Waals surface area (Å²) in [6.45, 7) is 2.07. The first-order valence-corrected chi connectivity index (χ1v) is 3.97. The van der Waals surface area contributed by atoms with Crippen LogP contribution in [0, 0.1) is 17.2 Å². The monoisotopic (exact) mass is 155 g/mol.